The van der Waals surface area contributed by atoms with Crippen molar-refractivity contribution in [2.45, 2.75) is 25.0 Å². The number of rotatable bonds is 6. The average Bonchev–Trinajstić information content (AvgIpc) is 2.80. The molecule has 4 heteroatoms. The summed E-state index contributed by atoms with van der Waals surface area (Å²) < 4.78 is 12.1. The van der Waals surface area contributed by atoms with Crippen LogP contribution in [0.4, 0.5) is 0 Å². The van der Waals surface area contributed by atoms with Crippen LogP contribution in [-0.2, 0) is 16.9 Å². The number of para-hydroxylation sites is 1. The predicted octanol–water partition coefficient (Wildman–Crippen LogP) is 4.70. The molecular weight excluding hydrogens is 362 g/mol. The zero-order valence-corrected chi connectivity index (χ0v) is 16.3. The van der Waals surface area contributed by atoms with Crippen molar-refractivity contribution >= 4 is 5.97 Å². The quantitative estimate of drug-likeness (QED) is 0.623. The van der Waals surface area contributed by atoms with E-state index in [0.717, 1.165) is 42.8 Å². The van der Waals surface area contributed by atoms with E-state index in [2.05, 4.69) is 5.32 Å². The third-order valence-electron chi connectivity index (χ3n) is 5.37. The molecule has 1 aliphatic heterocycles. The lowest BCUT2D eigenvalue weighted by molar-refractivity contribution is -0.0380. The van der Waals surface area contributed by atoms with Crippen LogP contribution < -0.4 is 10.1 Å². The topological polar surface area (TPSA) is 47.6 Å². The summed E-state index contributed by atoms with van der Waals surface area (Å²) in [4.78, 5) is 13.2. The second-order valence-corrected chi connectivity index (χ2v) is 7.26. The molecule has 1 N–H and O–H groups in total. The normalized spacial score (nSPS) is 15.4. The average molecular weight is 387 g/mol. The fraction of sp³-hybridized carbons (Fsp3) is 0.240. The van der Waals surface area contributed by atoms with Gasteiger partial charge in [0.1, 0.15) is 18.0 Å². The molecule has 1 saturated heterocycles. The first kappa shape index (κ1) is 19.2. The second kappa shape index (κ2) is 8.93. The molecular formula is C25H25NO3. The predicted molar refractivity (Wildman–Crippen MR) is 113 cm³/mol. The van der Waals surface area contributed by atoms with E-state index in [1.807, 2.05) is 84.9 Å². The standard InChI is InChI=1S/C25H25NO3/c27-24(29-25(15-17-26-18-16-25)21-10-3-1-4-11-21)23-14-8-7-9-20(23)19-28-22-12-5-2-6-13-22/h1-14,26H,15-19H2. The lowest BCUT2D eigenvalue weighted by Crippen LogP contribution is -2.43. The van der Waals surface area contributed by atoms with Crippen molar-refractivity contribution in [3.8, 4) is 5.75 Å². The van der Waals surface area contributed by atoms with Gasteiger partial charge in [-0.3, -0.25) is 0 Å². The Morgan fingerprint density at radius 2 is 1.45 bits per heavy atom. The molecule has 3 aromatic rings. The van der Waals surface area contributed by atoms with Crippen LogP contribution in [0, 0.1) is 0 Å². The number of piperidine rings is 1. The first-order valence-electron chi connectivity index (χ1n) is 10.0. The number of ether oxygens (including phenoxy) is 2. The minimum atomic E-state index is -0.600. The SMILES string of the molecule is O=C(OC1(c2ccccc2)CCNCC1)c1ccccc1COc1ccccc1. The Bertz CT molecular complexity index is 935. The number of hydrogen-bond donors (Lipinski definition) is 1. The molecule has 0 saturated carbocycles. The van der Waals surface area contributed by atoms with Crippen molar-refractivity contribution in [2.24, 2.45) is 0 Å². The zero-order valence-electron chi connectivity index (χ0n) is 16.3. The van der Waals surface area contributed by atoms with Crippen LogP contribution in [-0.4, -0.2) is 19.1 Å². The van der Waals surface area contributed by atoms with Gasteiger partial charge in [-0.05, 0) is 36.9 Å². The molecule has 148 valence electrons. The fourth-order valence-electron chi connectivity index (χ4n) is 3.78. The Labute approximate surface area is 171 Å². The highest BCUT2D eigenvalue weighted by atomic mass is 16.6. The molecule has 4 nitrogen and oxygen atoms in total. The maximum Gasteiger partial charge on any atom is 0.339 e. The summed E-state index contributed by atoms with van der Waals surface area (Å²) in [6.07, 6.45) is 1.51. The van der Waals surface area contributed by atoms with Gasteiger partial charge in [0, 0.05) is 18.4 Å². The Morgan fingerprint density at radius 3 is 2.17 bits per heavy atom. The third kappa shape index (κ3) is 4.49. The Morgan fingerprint density at radius 1 is 0.828 bits per heavy atom. The van der Waals surface area contributed by atoms with Crippen LogP contribution in [0.1, 0.15) is 34.3 Å². The van der Waals surface area contributed by atoms with Crippen LogP contribution in [0.2, 0.25) is 0 Å². The highest BCUT2D eigenvalue weighted by Gasteiger charge is 2.38. The first-order valence-corrected chi connectivity index (χ1v) is 10.0. The summed E-state index contributed by atoms with van der Waals surface area (Å²) in [5.74, 6) is 0.470. The Hall–Kier alpha value is -3.11. The monoisotopic (exact) mass is 387 g/mol. The van der Waals surface area contributed by atoms with Gasteiger partial charge in [-0.25, -0.2) is 4.79 Å². The Kier molecular flexibility index (Phi) is 5.92. The highest BCUT2D eigenvalue weighted by Crippen LogP contribution is 2.36. The zero-order chi connectivity index (χ0) is 19.9. The summed E-state index contributed by atoms with van der Waals surface area (Å²) in [7, 11) is 0. The molecule has 0 bridgehead atoms. The minimum absolute atomic E-state index is 0.303. The van der Waals surface area contributed by atoms with E-state index in [4.69, 9.17) is 9.47 Å². The molecule has 0 aliphatic carbocycles. The van der Waals surface area contributed by atoms with E-state index < -0.39 is 5.60 Å². The first-order chi connectivity index (χ1) is 14.3. The number of benzene rings is 3. The van der Waals surface area contributed by atoms with E-state index in [-0.39, 0.29) is 5.97 Å². The fourth-order valence-corrected chi connectivity index (χ4v) is 3.78. The van der Waals surface area contributed by atoms with Gasteiger partial charge in [0.05, 0.1) is 5.56 Å². The molecule has 0 amide bonds. The molecule has 3 aromatic carbocycles. The lowest BCUT2D eigenvalue weighted by Gasteiger charge is -2.37. The maximum absolute atomic E-state index is 13.2. The minimum Gasteiger partial charge on any atom is -0.489 e. The van der Waals surface area contributed by atoms with Crippen molar-refractivity contribution in [2.75, 3.05) is 13.1 Å². The summed E-state index contributed by atoms with van der Waals surface area (Å²) >= 11 is 0. The van der Waals surface area contributed by atoms with E-state index in [1.165, 1.54) is 0 Å². The maximum atomic E-state index is 13.2. The smallest absolute Gasteiger partial charge is 0.339 e. The summed E-state index contributed by atoms with van der Waals surface area (Å²) in [5, 5.41) is 3.36. The van der Waals surface area contributed by atoms with Crippen molar-refractivity contribution < 1.29 is 14.3 Å². The van der Waals surface area contributed by atoms with Crippen LogP contribution in [0.25, 0.3) is 0 Å². The van der Waals surface area contributed by atoms with Gasteiger partial charge in [-0.1, -0.05) is 66.7 Å². The van der Waals surface area contributed by atoms with Gasteiger partial charge >= 0.3 is 5.97 Å². The van der Waals surface area contributed by atoms with E-state index in [1.54, 1.807) is 0 Å². The number of carbonyl (C=O) groups excluding carboxylic acids is 1. The molecule has 1 heterocycles. The molecule has 4 rings (SSSR count). The van der Waals surface area contributed by atoms with Gasteiger partial charge in [-0.2, -0.15) is 0 Å². The molecule has 0 unspecified atom stereocenters. The van der Waals surface area contributed by atoms with E-state index in [0.29, 0.717) is 12.2 Å². The van der Waals surface area contributed by atoms with E-state index in [9.17, 15) is 4.79 Å². The molecule has 0 atom stereocenters. The number of esters is 1. The highest BCUT2D eigenvalue weighted by molar-refractivity contribution is 5.91. The van der Waals surface area contributed by atoms with Crippen molar-refractivity contribution in [1.29, 1.82) is 0 Å². The van der Waals surface area contributed by atoms with Gasteiger partial charge in [-0.15, -0.1) is 0 Å². The molecule has 1 aliphatic rings. The van der Waals surface area contributed by atoms with Crippen LogP contribution in [0.3, 0.4) is 0 Å². The molecule has 1 fully saturated rings. The lowest BCUT2D eigenvalue weighted by atomic mass is 9.84. The third-order valence-corrected chi connectivity index (χ3v) is 5.37. The molecule has 0 aromatic heterocycles. The largest absolute Gasteiger partial charge is 0.489 e. The number of carbonyl (C=O) groups is 1. The summed E-state index contributed by atoms with van der Waals surface area (Å²) in [6, 6.07) is 27.2. The molecule has 0 radical (unpaired) electrons. The number of nitrogens with one attached hydrogen (secondary N) is 1. The van der Waals surface area contributed by atoms with Gasteiger partial charge in [0.25, 0.3) is 0 Å². The van der Waals surface area contributed by atoms with Gasteiger partial charge < -0.3 is 14.8 Å². The van der Waals surface area contributed by atoms with Gasteiger partial charge in [0.2, 0.25) is 0 Å². The van der Waals surface area contributed by atoms with Crippen LogP contribution in [0.15, 0.2) is 84.9 Å². The van der Waals surface area contributed by atoms with E-state index >= 15 is 0 Å². The molecule has 0 spiro atoms. The summed E-state index contributed by atoms with van der Waals surface area (Å²) in [5.41, 5.74) is 1.82. The van der Waals surface area contributed by atoms with Crippen molar-refractivity contribution in [1.82, 2.24) is 5.32 Å². The van der Waals surface area contributed by atoms with Crippen LogP contribution >= 0.6 is 0 Å². The van der Waals surface area contributed by atoms with Crippen molar-refractivity contribution in [3.63, 3.8) is 0 Å². The second-order valence-electron chi connectivity index (χ2n) is 7.26. The van der Waals surface area contributed by atoms with Crippen molar-refractivity contribution in [3.05, 3.63) is 102 Å². The number of hydrogen-bond acceptors (Lipinski definition) is 4. The van der Waals surface area contributed by atoms with Gasteiger partial charge in [0.15, 0.2) is 0 Å². The molecule has 29 heavy (non-hydrogen) atoms. The summed E-state index contributed by atoms with van der Waals surface area (Å²) in [6.45, 7) is 1.96. The van der Waals surface area contributed by atoms with Crippen LogP contribution in [0.5, 0.6) is 5.75 Å². The Balaban J connectivity index is 1.56.